The maximum Gasteiger partial charge on any atom is 0.0774 e. The molecule has 2 N–H and O–H groups in total. The Morgan fingerprint density at radius 2 is 2.00 bits per heavy atom. The Hall–Kier alpha value is -0.160. The summed E-state index contributed by atoms with van der Waals surface area (Å²) in [6.07, 6.45) is 5.08. The smallest absolute Gasteiger partial charge is 0.0774 e. The van der Waals surface area contributed by atoms with E-state index in [0.717, 1.165) is 44.6 Å². The molecule has 0 bridgehead atoms. The lowest BCUT2D eigenvalue weighted by molar-refractivity contribution is -0.0427. The highest BCUT2D eigenvalue weighted by Crippen LogP contribution is 2.34. The summed E-state index contributed by atoms with van der Waals surface area (Å²) in [7, 11) is 1.72. The van der Waals surface area contributed by atoms with Crippen LogP contribution in [0.5, 0.6) is 0 Å². The second kappa shape index (κ2) is 5.87. The summed E-state index contributed by atoms with van der Waals surface area (Å²) in [5.41, 5.74) is -0.553. The third-order valence-electron chi connectivity index (χ3n) is 4.74. The highest BCUT2D eigenvalue weighted by atomic mass is 16.5. The Balaban J connectivity index is 1.91. The quantitative estimate of drug-likeness (QED) is 0.789. The van der Waals surface area contributed by atoms with Crippen LogP contribution in [-0.4, -0.2) is 59.7 Å². The van der Waals surface area contributed by atoms with Crippen molar-refractivity contribution in [3.05, 3.63) is 0 Å². The van der Waals surface area contributed by atoms with Crippen molar-refractivity contribution in [1.82, 2.24) is 4.90 Å². The number of likely N-dealkylation sites (tertiary alicyclic amines) is 1. The van der Waals surface area contributed by atoms with Crippen LogP contribution in [-0.2, 0) is 4.74 Å². The fourth-order valence-corrected chi connectivity index (χ4v) is 3.33. The summed E-state index contributed by atoms with van der Waals surface area (Å²) >= 11 is 0. The van der Waals surface area contributed by atoms with E-state index in [-0.39, 0.29) is 18.8 Å². The van der Waals surface area contributed by atoms with Gasteiger partial charge in [-0.2, -0.15) is 0 Å². The molecule has 2 rings (SSSR count). The Kier molecular flexibility index (Phi) is 4.64. The van der Waals surface area contributed by atoms with E-state index in [1.807, 2.05) is 0 Å². The maximum absolute atomic E-state index is 10.7. The van der Waals surface area contributed by atoms with Crippen molar-refractivity contribution in [2.45, 2.75) is 56.8 Å². The number of aliphatic hydroxyl groups excluding tert-OH is 1. The minimum absolute atomic E-state index is 0.151. The molecule has 0 amide bonds. The lowest BCUT2D eigenvalue weighted by atomic mass is 9.79. The van der Waals surface area contributed by atoms with Gasteiger partial charge >= 0.3 is 0 Å². The fraction of sp³-hybridized carbons (Fsp3) is 1.00. The second-order valence-corrected chi connectivity index (χ2v) is 6.27. The first-order valence-corrected chi connectivity index (χ1v) is 7.16. The van der Waals surface area contributed by atoms with Crippen molar-refractivity contribution in [3.63, 3.8) is 0 Å². The van der Waals surface area contributed by atoms with E-state index in [2.05, 4.69) is 11.8 Å². The van der Waals surface area contributed by atoms with Crippen LogP contribution in [0, 0.1) is 5.92 Å². The SMILES string of the molecule is CO[C@H]1C[C@@H](CO)N(CC2(O)CCC(C)CC2)C1. The van der Waals surface area contributed by atoms with Gasteiger partial charge in [-0.05, 0) is 38.0 Å². The topological polar surface area (TPSA) is 52.9 Å². The van der Waals surface area contributed by atoms with Gasteiger partial charge in [0.2, 0.25) is 0 Å². The van der Waals surface area contributed by atoms with Crippen molar-refractivity contribution >= 4 is 0 Å². The molecule has 1 saturated heterocycles. The Bertz CT molecular complexity index is 264. The van der Waals surface area contributed by atoms with Crippen LogP contribution in [0.4, 0.5) is 0 Å². The average Bonchev–Trinajstić information content (AvgIpc) is 2.75. The van der Waals surface area contributed by atoms with Crippen LogP contribution >= 0.6 is 0 Å². The normalized spacial score (nSPS) is 42.3. The number of β-amino-alcohol motifs (C(OH)–C–C–N with tert-alkyl or cyclic N) is 1. The molecule has 4 nitrogen and oxygen atoms in total. The van der Waals surface area contributed by atoms with Crippen LogP contribution in [0.2, 0.25) is 0 Å². The summed E-state index contributed by atoms with van der Waals surface area (Å²) in [5.74, 6) is 0.740. The molecule has 1 saturated carbocycles. The fourth-order valence-electron chi connectivity index (χ4n) is 3.33. The van der Waals surface area contributed by atoms with Crippen LogP contribution in [0.1, 0.15) is 39.0 Å². The molecule has 0 aromatic rings. The second-order valence-electron chi connectivity index (χ2n) is 6.27. The number of hydrogen-bond donors (Lipinski definition) is 2. The summed E-state index contributed by atoms with van der Waals surface area (Å²) in [5, 5.41) is 20.1. The average molecular weight is 257 g/mol. The molecule has 4 heteroatoms. The number of aliphatic hydroxyl groups is 2. The van der Waals surface area contributed by atoms with Gasteiger partial charge < -0.3 is 14.9 Å². The van der Waals surface area contributed by atoms with Crippen molar-refractivity contribution in [3.8, 4) is 0 Å². The molecule has 1 heterocycles. The summed E-state index contributed by atoms with van der Waals surface area (Å²) in [6.45, 7) is 3.93. The number of hydrogen-bond acceptors (Lipinski definition) is 4. The lowest BCUT2D eigenvalue weighted by Gasteiger charge is -2.39. The summed E-state index contributed by atoms with van der Waals surface area (Å²) in [6, 6.07) is 0.151. The molecule has 0 aromatic carbocycles. The number of ether oxygens (including phenoxy) is 1. The first kappa shape index (κ1) is 14.3. The molecule has 2 aliphatic rings. The molecular formula is C14H27NO3. The van der Waals surface area contributed by atoms with Gasteiger partial charge in [0.1, 0.15) is 0 Å². The van der Waals surface area contributed by atoms with E-state index in [0.29, 0.717) is 6.54 Å². The van der Waals surface area contributed by atoms with Crippen LogP contribution in [0.3, 0.4) is 0 Å². The van der Waals surface area contributed by atoms with Gasteiger partial charge in [-0.3, -0.25) is 4.90 Å². The Morgan fingerprint density at radius 3 is 2.56 bits per heavy atom. The highest BCUT2D eigenvalue weighted by Gasteiger charge is 2.39. The Morgan fingerprint density at radius 1 is 1.33 bits per heavy atom. The van der Waals surface area contributed by atoms with E-state index >= 15 is 0 Å². The number of rotatable bonds is 4. The van der Waals surface area contributed by atoms with E-state index in [9.17, 15) is 10.2 Å². The van der Waals surface area contributed by atoms with Crippen molar-refractivity contribution in [2.24, 2.45) is 5.92 Å². The van der Waals surface area contributed by atoms with Gasteiger partial charge in [0.25, 0.3) is 0 Å². The summed E-state index contributed by atoms with van der Waals surface area (Å²) < 4.78 is 5.38. The molecule has 18 heavy (non-hydrogen) atoms. The van der Waals surface area contributed by atoms with E-state index in [1.165, 1.54) is 0 Å². The first-order valence-electron chi connectivity index (χ1n) is 7.16. The zero-order chi connectivity index (χ0) is 13.2. The molecule has 1 aliphatic carbocycles. The molecule has 0 radical (unpaired) electrons. The number of methoxy groups -OCH3 is 1. The molecule has 106 valence electrons. The minimum atomic E-state index is -0.553. The van der Waals surface area contributed by atoms with Gasteiger partial charge in [-0.15, -0.1) is 0 Å². The van der Waals surface area contributed by atoms with Crippen molar-refractivity contribution in [1.29, 1.82) is 0 Å². The van der Waals surface area contributed by atoms with E-state index in [1.54, 1.807) is 7.11 Å². The van der Waals surface area contributed by atoms with Crippen molar-refractivity contribution in [2.75, 3.05) is 26.8 Å². The van der Waals surface area contributed by atoms with Gasteiger partial charge in [0, 0.05) is 26.2 Å². The lowest BCUT2D eigenvalue weighted by Crippen LogP contribution is -2.48. The van der Waals surface area contributed by atoms with Crippen molar-refractivity contribution < 1.29 is 14.9 Å². The predicted molar refractivity (Wildman–Crippen MR) is 70.4 cm³/mol. The summed E-state index contributed by atoms with van der Waals surface area (Å²) in [4.78, 5) is 2.21. The van der Waals surface area contributed by atoms with Gasteiger partial charge in [0.15, 0.2) is 0 Å². The molecule has 0 aromatic heterocycles. The Labute approximate surface area is 110 Å². The molecule has 1 aliphatic heterocycles. The highest BCUT2D eigenvalue weighted by molar-refractivity contribution is 4.93. The van der Waals surface area contributed by atoms with Crippen LogP contribution < -0.4 is 0 Å². The van der Waals surface area contributed by atoms with Gasteiger partial charge in [0.05, 0.1) is 18.3 Å². The molecule has 0 spiro atoms. The monoisotopic (exact) mass is 257 g/mol. The molecule has 2 fully saturated rings. The molecular weight excluding hydrogens is 230 g/mol. The molecule has 0 unspecified atom stereocenters. The largest absolute Gasteiger partial charge is 0.395 e. The minimum Gasteiger partial charge on any atom is -0.395 e. The predicted octanol–water partition coefficient (Wildman–Crippen LogP) is 1.01. The number of nitrogens with zero attached hydrogens (tertiary/aromatic N) is 1. The first-order chi connectivity index (χ1) is 8.56. The van der Waals surface area contributed by atoms with Gasteiger partial charge in [-0.1, -0.05) is 6.92 Å². The third-order valence-corrected chi connectivity index (χ3v) is 4.74. The van der Waals surface area contributed by atoms with Gasteiger partial charge in [-0.25, -0.2) is 0 Å². The van der Waals surface area contributed by atoms with E-state index < -0.39 is 5.60 Å². The third kappa shape index (κ3) is 3.23. The van der Waals surface area contributed by atoms with Crippen LogP contribution in [0.15, 0.2) is 0 Å². The zero-order valence-electron chi connectivity index (χ0n) is 11.6. The standard InChI is InChI=1S/C14H27NO3/c1-11-3-5-14(17,6-4-11)10-15-8-13(18-2)7-12(15)9-16/h11-13,16-17H,3-10H2,1-2H3/t11?,12-,13-,14?/m0/s1. The van der Waals surface area contributed by atoms with Crippen LogP contribution in [0.25, 0.3) is 0 Å². The van der Waals surface area contributed by atoms with E-state index in [4.69, 9.17) is 4.74 Å². The molecule has 2 atom stereocenters. The zero-order valence-corrected chi connectivity index (χ0v) is 11.6. The maximum atomic E-state index is 10.7.